The average Bonchev–Trinajstić information content (AvgIpc) is 2.36. The van der Waals surface area contributed by atoms with Crippen LogP contribution in [0.2, 0.25) is 6.55 Å². The third-order valence-corrected chi connectivity index (χ3v) is 8.07. The first-order valence-corrected chi connectivity index (χ1v) is 8.48. The largest absolute Gasteiger partial charge is 0.305 e. The van der Waals surface area contributed by atoms with Crippen molar-refractivity contribution in [3.8, 4) is 0 Å². The first-order chi connectivity index (χ1) is 8.48. The highest BCUT2D eigenvalue weighted by atomic mass is 28.3. The van der Waals surface area contributed by atoms with E-state index in [9.17, 15) is 9.59 Å². The van der Waals surface area contributed by atoms with Crippen molar-refractivity contribution in [1.82, 2.24) is 0 Å². The molecule has 0 spiro atoms. The molecule has 0 saturated carbocycles. The van der Waals surface area contributed by atoms with E-state index >= 15 is 0 Å². The van der Waals surface area contributed by atoms with E-state index in [4.69, 9.17) is 0 Å². The van der Waals surface area contributed by atoms with Gasteiger partial charge in [-0.3, -0.25) is 0 Å². The Labute approximate surface area is 108 Å². The third kappa shape index (κ3) is 1.81. The van der Waals surface area contributed by atoms with Gasteiger partial charge >= 0.3 is 0 Å². The van der Waals surface area contributed by atoms with Gasteiger partial charge in [-0.1, -0.05) is 49.0 Å². The van der Waals surface area contributed by atoms with Gasteiger partial charge in [-0.25, -0.2) is 0 Å². The molecule has 92 valence electrons. The monoisotopic (exact) mass is 256 g/mol. The van der Waals surface area contributed by atoms with Gasteiger partial charge in [0.1, 0.15) is 10.8 Å². The molecule has 2 nitrogen and oxygen atoms in total. The summed E-state index contributed by atoms with van der Waals surface area (Å²) < 4.78 is 0. The van der Waals surface area contributed by atoms with Gasteiger partial charge in [-0.2, -0.15) is 0 Å². The number of hydrogen-bond acceptors (Lipinski definition) is 2. The Bertz CT molecular complexity index is 612. The van der Waals surface area contributed by atoms with Crippen molar-refractivity contribution in [2.75, 3.05) is 0 Å². The molecule has 0 N–H and O–H groups in total. The zero-order valence-corrected chi connectivity index (χ0v) is 11.9. The molecule has 18 heavy (non-hydrogen) atoms. The molecule has 0 atom stereocenters. The average molecular weight is 256 g/mol. The predicted octanol–water partition coefficient (Wildman–Crippen LogP) is 2.38. The molecule has 0 unspecified atom stereocenters. The van der Waals surface area contributed by atoms with Gasteiger partial charge in [0.2, 0.25) is 8.07 Å². The number of fused-ring (bicyclic) bond motifs is 1. The van der Waals surface area contributed by atoms with Crippen molar-refractivity contribution < 1.29 is 9.59 Å². The highest BCUT2D eigenvalue weighted by Crippen LogP contribution is 2.17. The van der Waals surface area contributed by atoms with Gasteiger partial charge in [-0.15, -0.1) is 0 Å². The number of carbonyl (C=O) groups excluding carboxylic acids is 2. The number of carbonyl (C=O) groups is 2. The fraction of sp³-hybridized carbons (Fsp3) is 0.200. The lowest BCUT2D eigenvalue weighted by atomic mass is 10.1. The fourth-order valence-corrected chi connectivity index (χ4v) is 4.74. The van der Waals surface area contributed by atoms with Crippen LogP contribution in [0.5, 0.6) is 0 Å². The van der Waals surface area contributed by atoms with Crippen molar-refractivity contribution in [2.24, 2.45) is 0 Å². The molecule has 0 aromatic heterocycles. The van der Waals surface area contributed by atoms with E-state index in [2.05, 4.69) is 0 Å². The lowest BCUT2D eigenvalue weighted by Gasteiger charge is -2.23. The van der Waals surface area contributed by atoms with Crippen LogP contribution >= 0.6 is 0 Å². The Hall–Kier alpha value is -1.74. The lowest BCUT2D eigenvalue weighted by Crippen LogP contribution is -2.58. The summed E-state index contributed by atoms with van der Waals surface area (Å²) in [6.07, 6.45) is 0. The maximum atomic E-state index is 12.0. The number of rotatable bonds is 3. The van der Waals surface area contributed by atoms with Crippen LogP contribution in [-0.2, 0) is 9.59 Å². The van der Waals surface area contributed by atoms with E-state index < -0.39 is 8.07 Å². The molecule has 0 aliphatic heterocycles. The third-order valence-electron chi connectivity index (χ3n) is 3.74. The minimum atomic E-state index is -2.72. The molecule has 3 heteroatoms. The topological polar surface area (TPSA) is 34.1 Å². The highest BCUT2D eigenvalue weighted by molar-refractivity contribution is 7.31. The minimum absolute atomic E-state index is 0.0198. The van der Waals surface area contributed by atoms with Gasteiger partial charge in [0.05, 0.1) is 0 Å². The summed E-state index contributed by atoms with van der Waals surface area (Å²) >= 11 is 0. The summed E-state index contributed by atoms with van der Waals surface area (Å²) in [5.41, 5.74) is 0. The summed E-state index contributed by atoms with van der Waals surface area (Å²) in [6.45, 7) is 4.92. The van der Waals surface area contributed by atoms with Crippen LogP contribution in [0.1, 0.15) is 13.8 Å². The normalized spacial score (nSPS) is 11.5. The molecule has 0 saturated heterocycles. The standard InChI is InChI=1S/C15H16O2Si/c1-11(16)18(3,12(2)17)15-10-6-8-13-7-4-5-9-14(13)15/h4-10H,1-3H3. The molecule has 0 bridgehead atoms. The highest BCUT2D eigenvalue weighted by Gasteiger charge is 2.41. The quantitative estimate of drug-likeness (QED) is 0.790. The predicted molar refractivity (Wildman–Crippen MR) is 76.6 cm³/mol. The van der Waals surface area contributed by atoms with E-state index in [1.807, 2.05) is 49.0 Å². The fourth-order valence-electron chi connectivity index (χ4n) is 2.29. The van der Waals surface area contributed by atoms with Crippen LogP contribution in [0.25, 0.3) is 10.8 Å². The smallest absolute Gasteiger partial charge is 0.234 e. The van der Waals surface area contributed by atoms with Gasteiger partial charge in [0.15, 0.2) is 0 Å². The van der Waals surface area contributed by atoms with Gasteiger partial charge in [0, 0.05) is 0 Å². The van der Waals surface area contributed by atoms with Crippen LogP contribution in [0.3, 0.4) is 0 Å². The van der Waals surface area contributed by atoms with Crippen molar-refractivity contribution in [3.63, 3.8) is 0 Å². The summed E-state index contributed by atoms with van der Waals surface area (Å²) in [6, 6.07) is 13.8. The second-order valence-corrected chi connectivity index (χ2v) is 8.96. The minimum Gasteiger partial charge on any atom is -0.305 e. The van der Waals surface area contributed by atoms with Crippen molar-refractivity contribution in [3.05, 3.63) is 42.5 Å². The van der Waals surface area contributed by atoms with Crippen LogP contribution in [0.4, 0.5) is 0 Å². The molecule has 2 aromatic carbocycles. The Kier molecular flexibility index (Phi) is 3.18. The molecule has 0 amide bonds. The second kappa shape index (κ2) is 4.50. The van der Waals surface area contributed by atoms with Crippen LogP contribution in [-0.4, -0.2) is 18.9 Å². The van der Waals surface area contributed by atoms with Crippen molar-refractivity contribution in [1.29, 1.82) is 0 Å². The van der Waals surface area contributed by atoms with Gasteiger partial charge in [0.25, 0.3) is 0 Å². The molecule has 2 aromatic rings. The van der Waals surface area contributed by atoms with E-state index in [-0.39, 0.29) is 10.8 Å². The Balaban J connectivity index is 2.81. The van der Waals surface area contributed by atoms with E-state index in [0.29, 0.717) is 0 Å². The van der Waals surface area contributed by atoms with Crippen LogP contribution in [0, 0.1) is 0 Å². The molecule has 0 radical (unpaired) electrons. The first kappa shape index (κ1) is 12.7. The lowest BCUT2D eigenvalue weighted by molar-refractivity contribution is -0.114. The zero-order chi connectivity index (χ0) is 13.3. The first-order valence-electron chi connectivity index (χ1n) is 5.98. The van der Waals surface area contributed by atoms with Crippen LogP contribution in [0.15, 0.2) is 42.5 Å². The van der Waals surface area contributed by atoms with Crippen molar-refractivity contribution >= 4 is 34.8 Å². The SMILES string of the molecule is CC(=O)[Si](C)(C(C)=O)c1cccc2ccccc12. The summed E-state index contributed by atoms with van der Waals surface area (Å²) in [7, 11) is -2.72. The number of hydrogen-bond donors (Lipinski definition) is 0. The molecule has 0 aliphatic rings. The maximum Gasteiger partial charge on any atom is 0.234 e. The van der Waals surface area contributed by atoms with Crippen molar-refractivity contribution in [2.45, 2.75) is 20.4 Å². The molecule has 0 aliphatic carbocycles. The Morgan fingerprint density at radius 3 is 2.06 bits per heavy atom. The Morgan fingerprint density at radius 2 is 1.44 bits per heavy atom. The Morgan fingerprint density at radius 1 is 0.889 bits per heavy atom. The summed E-state index contributed by atoms with van der Waals surface area (Å²) in [4.78, 5) is 24.0. The zero-order valence-electron chi connectivity index (χ0n) is 10.9. The molecule has 2 rings (SSSR count). The summed E-state index contributed by atoms with van der Waals surface area (Å²) in [5.74, 6) is 0. The maximum absolute atomic E-state index is 12.0. The van der Waals surface area contributed by atoms with Gasteiger partial charge < -0.3 is 9.59 Å². The molecular formula is C15H16O2Si. The van der Waals surface area contributed by atoms with E-state index in [1.165, 1.54) is 13.8 Å². The molecule has 0 fully saturated rings. The van der Waals surface area contributed by atoms with E-state index in [1.54, 1.807) is 0 Å². The second-order valence-electron chi connectivity index (χ2n) is 4.76. The molecular weight excluding hydrogens is 240 g/mol. The summed E-state index contributed by atoms with van der Waals surface area (Å²) in [5, 5.41) is 3.08. The molecule has 0 heterocycles. The van der Waals surface area contributed by atoms with Crippen LogP contribution < -0.4 is 5.19 Å². The number of benzene rings is 2. The van der Waals surface area contributed by atoms with Gasteiger partial charge in [-0.05, 0) is 29.8 Å². The van der Waals surface area contributed by atoms with E-state index in [0.717, 1.165) is 16.0 Å².